The molecule has 1 amide bonds. The third-order valence-electron chi connectivity index (χ3n) is 7.60. The van der Waals surface area contributed by atoms with E-state index in [0.29, 0.717) is 55.8 Å². The number of nitrogens with zero attached hydrogens (tertiary/aromatic N) is 3. The van der Waals surface area contributed by atoms with Crippen LogP contribution in [0.5, 0.6) is 23.0 Å². The Morgan fingerprint density at radius 1 is 1.02 bits per heavy atom. The maximum Gasteiger partial charge on any atom is 0.338 e. The number of rotatable bonds is 9. The van der Waals surface area contributed by atoms with Crippen LogP contribution in [-0.2, 0) is 14.3 Å². The molecular formula is C32H33N3O8S. The highest BCUT2D eigenvalue weighted by Gasteiger charge is 2.34. The third kappa shape index (κ3) is 5.69. The van der Waals surface area contributed by atoms with Crippen LogP contribution in [0, 0.1) is 0 Å². The highest BCUT2D eigenvalue weighted by Crippen LogP contribution is 2.38. The number of amides is 1. The van der Waals surface area contributed by atoms with Crippen LogP contribution < -0.4 is 33.8 Å². The fourth-order valence-corrected chi connectivity index (χ4v) is 6.59. The number of carbonyl (C=O) groups is 2. The minimum Gasteiger partial charge on any atom is -0.490 e. The number of hydrogen-bond acceptors (Lipinski definition) is 10. The van der Waals surface area contributed by atoms with Gasteiger partial charge in [0.05, 0.1) is 35.1 Å². The first-order valence-corrected chi connectivity index (χ1v) is 15.5. The van der Waals surface area contributed by atoms with E-state index in [9.17, 15) is 14.4 Å². The van der Waals surface area contributed by atoms with Gasteiger partial charge in [0.1, 0.15) is 0 Å². The molecule has 0 radical (unpaired) electrons. The van der Waals surface area contributed by atoms with Gasteiger partial charge >= 0.3 is 5.97 Å². The van der Waals surface area contributed by atoms with E-state index in [1.165, 1.54) is 15.9 Å². The predicted molar refractivity (Wildman–Crippen MR) is 162 cm³/mol. The molecule has 0 aliphatic carbocycles. The topological polar surface area (TPSA) is 118 Å². The van der Waals surface area contributed by atoms with Gasteiger partial charge in [-0.25, -0.2) is 9.79 Å². The number of benzene rings is 2. The van der Waals surface area contributed by atoms with Gasteiger partial charge in [-0.2, -0.15) is 0 Å². The van der Waals surface area contributed by atoms with Crippen molar-refractivity contribution < 1.29 is 33.3 Å². The minimum atomic E-state index is -0.773. The van der Waals surface area contributed by atoms with E-state index >= 15 is 0 Å². The fraction of sp³-hybridized carbons (Fsp3) is 0.375. The van der Waals surface area contributed by atoms with E-state index < -0.39 is 12.0 Å². The summed E-state index contributed by atoms with van der Waals surface area (Å²) in [5.41, 5.74) is 1.83. The quantitative estimate of drug-likeness (QED) is 0.336. The molecule has 1 fully saturated rings. The number of carbonyl (C=O) groups excluding carboxylic acids is 2. The predicted octanol–water partition coefficient (Wildman–Crippen LogP) is 2.93. The number of fused-ring (bicyclic) bond motifs is 2. The maximum absolute atomic E-state index is 14.0. The Morgan fingerprint density at radius 3 is 2.59 bits per heavy atom. The smallest absolute Gasteiger partial charge is 0.338 e. The molecule has 0 N–H and O–H groups in total. The van der Waals surface area contributed by atoms with Crippen molar-refractivity contribution in [2.24, 2.45) is 4.99 Å². The lowest BCUT2D eigenvalue weighted by Gasteiger charge is -2.24. The van der Waals surface area contributed by atoms with Crippen molar-refractivity contribution in [3.63, 3.8) is 0 Å². The SMILES string of the molecule is CCOC(=O)C1=C(C)N=c2s/c(=C/c3ccc(OCC(=O)N4CCCC4)c(OCC)c3)c(=O)n2[C@@H]1c1ccc2c(c1)OCO2. The lowest BCUT2D eigenvalue weighted by Crippen LogP contribution is -2.39. The molecule has 0 unspecified atom stereocenters. The van der Waals surface area contributed by atoms with Gasteiger partial charge in [0.15, 0.2) is 34.4 Å². The van der Waals surface area contributed by atoms with Crippen molar-refractivity contribution in [3.05, 3.63) is 78.5 Å². The molecule has 0 saturated carbocycles. The molecule has 11 nitrogen and oxygen atoms in total. The Morgan fingerprint density at radius 2 is 1.82 bits per heavy atom. The molecule has 44 heavy (non-hydrogen) atoms. The van der Waals surface area contributed by atoms with E-state index in [2.05, 4.69) is 4.99 Å². The molecule has 0 spiro atoms. The lowest BCUT2D eigenvalue weighted by atomic mass is 9.95. The molecule has 1 aromatic heterocycles. The first-order chi connectivity index (χ1) is 21.4. The molecule has 6 rings (SSSR count). The second kappa shape index (κ2) is 12.6. The zero-order valence-corrected chi connectivity index (χ0v) is 25.6. The molecule has 3 aliphatic rings. The van der Waals surface area contributed by atoms with Gasteiger partial charge in [0, 0.05) is 13.1 Å². The van der Waals surface area contributed by atoms with E-state index in [1.807, 2.05) is 13.0 Å². The summed E-state index contributed by atoms with van der Waals surface area (Å²) in [7, 11) is 0. The zero-order chi connectivity index (χ0) is 30.8. The molecule has 3 aromatic rings. The molecule has 3 aliphatic heterocycles. The highest BCUT2D eigenvalue weighted by atomic mass is 32.1. The van der Waals surface area contributed by atoms with Gasteiger partial charge < -0.3 is 28.6 Å². The Labute approximate surface area is 257 Å². The van der Waals surface area contributed by atoms with E-state index in [-0.39, 0.29) is 37.0 Å². The van der Waals surface area contributed by atoms with E-state index in [1.54, 1.807) is 55.2 Å². The molecule has 0 bridgehead atoms. The van der Waals surface area contributed by atoms with Crippen LogP contribution >= 0.6 is 11.3 Å². The van der Waals surface area contributed by atoms with Crippen molar-refractivity contribution >= 4 is 29.3 Å². The van der Waals surface area contributed by atoms with E-state index in [4.69, 9.17) is 23.7 Å². The lowest BCUT2D eigenvalue weighted by molar-refractivity contribution is -0.139. The van der Waals surface area contributed by atoms with Crippen LogP contribution in [0.1, 0.15) is 50.8 Å². The fourth-order valence-electron chi connectivity index (χ4n) is 5.54. The van der Waals surface area contributed by atoms with Crippen molar-refractivity contribution in [1.29, 1.82) is 0 Å². The second-order valence-electron chi connectivity index (χ2n) is 10.4. The number of hydrogen-bond donors (Lipinski definition) is 0. The minimum absolute atomic E-state index is 0.0513. The number of likely N-dealkylation sites (tertiary alicyclic amines) is 1. The van der Waals surface area contributed by atoms with Crippen molar-refractivity contribution in [1.82, 2.24) is 9.47 Å². The summed E-state index contributed by atoms with van der Waals surface area (Å²) in [6, 6.07) is 9.92. The van der Waals surface area contributed by atoms with E-state index in [0.717, 1.165) is 25.9 Å². The molecule has 1 atom stereocenters. The van der Waals surface area contributed by atoms with Crippen LogP contribution in [0.2, 0.25) is 0 Å². The average molecular weight is 620 g/mol. The molecular weight excluding hydrogens is 586 g/mol. The Kier molecular flexibility index (Phi) is 8.42. The zero-order valence-electron chi connectivity index (χ0n) is 24.8. The van der Waals surface area contributed by atoms with Gasteiger partial charge in [0.25, 0.3) is 11.5 Å². The van der Waals surface area contributed by atoms with Crippen LogP contribution in [0.15, 0.2) is 57.5 Å². The van der Waals surface area contributed by atoms with Crippen LogP contribution in [0.3, 0.4) is 0 Å². The molecule has 12 heteroatoms. The van der Waals surface area contributed by atoms with Gasteiger partial charge in [-0.05, 0) is 75.1 Å². The Balaban J connectivity index is 1.37. The number of esters is 1. The molecule has 2 aromatic carbocycles. The molecule has 4 heterocycles. The average Bonchev–Trinajstić information content (AvgIpc) is 3.77. The van der Waals surface area contributed by atoms with Crippen LogP contribution in [0.25, 0.3) is 6.08 Å². The molecule has 1 saturated heterocycles. The normalized spacial score (nSPS) is 17.4. The summed E-state index contributed by atoms with van der Waals surface area (Å²) < 4.78 is 30.1. The van der Waals surface area contributed by atoms with Crippen molar-refractivity contribution in [2.45, 2.75) is 39.7 Å². The summed E-state index contributed by atoms with van der Waals surface area (Å²) in [6.45, 7) is 7.46. The molecule has 230 valence electrons. The van der Waals surface area contributed by atoms with Gasteiger partial charge in [0.2, 0.25) is 6.79 Å². The first-order valence-electron chi connectivity index (χ1n) is 14.6. The summed E-state index contributed by atoms with van der Waals surface area (Å²) in [4.78, 5) is 46.6. The van der Waals surface area contributed by atoms with Gasteiger partial charge in [-0.1, -0.05) is 23.5 Å². The van der Waals surface area contributed by atoms with Gasteiger partial charge in [-0.15, -0.1) is 0 Å². The second-order valence-corrected chi connectivity index (χ2v) is 11.4. The summed E-state index contributed by atoms with van der Waals surface area (Å²) in [6.07, 6.45) is 3.78. The van der Waals surface area contributed by atoms with Crippen molar-refractivity contribution in [2.75, 3.05) is 39.7 Å². The largest absolute Gasteiger partial charge is 0.490 e. The monoisotopic (exact) mass is 619 g/mol. The standard InChI is InChI=1S/C32H33N3O8S/c1-4-39-24-14-20(8-10-22(24)41-17-27(36)34-12-6-7-13-34)15-26-30(37)35-29(21-9-11-23-25(16-21)43-18-42-23)28(31(38)40-5-2)19(3)33-32(35)44-26/h8-11,14-16,29H,4-7,12-13,17-18H2,1-3H3/b26-15+/t29-/m1/s1. The summed E-state index contributed by atoms with van der Waals surface area (Å²) >= 11 is 1.23. The Hall–Kier alpha value is -4.58. The van der Waals surface area contributed by atoms with Crippen molar-refractivity contribution in [3.8, 4) is 23.0 Å². The summed E-state index contributed by atoms with van der Waals surface area (Å²) in [5.74, 6) is 1.47. The van der Waals surface area contributed by atoms with Gasteiger partial charge in [-0.3, -0.25) is 14.2 Å². The van der Waals surface area contributed by atoms with Crippen LogP contribution in [0.4, 0.5) is 0 Å². The maximum atomic E-state index is 14.0. The number of allylic oxidation sites excluding steroid dienone is 1. The highest BCUT2D eigenvalue weighted by molar-refractivity contribution is 7.07. The first kappa shape index (κ1) is 29.5. The summed E-state index contributed by atoms with van der Waals surface area (Å²) in [5, 5.41) is 0. The third-order valence-corrected chi connectivity index (χ3v) is 8.59. The Bertz CT molecular complexity index is 1820. The number of ether oxygens (including phenoxy) is 5. The number of aromatic nitrogens is 1. The number of thiazole rings is 1. The van der Waals surface area contributed by atoms with Crippen LogP contribution in [-0.4, -0.2) is 61.0 Å².